The van der Waals surface area contributed by atoms with Gasteiger partial charge in [0.05, 0.1) is 24.4 Å². The van der Waals surface area contributed by atoms with Crippen molar-refractivity contribution < 1.29 is 17.9 Å². The minimum Gasteiger partial charge on any atom is -0.478 e. The van der Waals surface area contributed by atoms with Gasteiger partial charge in [0.1, 0.15) is 12.0 Å². The van der Waals surface area contributed by atoms with E-state index in [1.54, 1.807) is 4.90 Å². The molecule has 23 heavy (non-hydrogen) atoms. The van der Waals surface area contributed by atoms with Gasteiger partial charge in [-0.05, 0) is 13.0 Å². The Labute approximate surface area is 130 Å². The highest BCUT2D eigenvalue weighted by atomic mass is 19.4. The molecule has 9 heteroatoms. The summed E-state index contributed by atoms with van der Waals surface area (Å²) in [5.74, 6) is 0.492. The molecule has 1 aliphatic heterocycles. The quantitative estimate of drug-likeness (QED) is 0.862. The van der Waals surface area contributed by atoms with Crippen molar-refractivity contribution in [2.75, 3.05) is 18.1 Å². The number of halogens is 3. The molecule has 3 heterocycles. The smallest absolute Gasteiger partial charge is 0.433 e. The summed E-state index contributed by atoms with van der Waals surface area (Å²) in [7, 11) is 0. The molecule has 2 aromatic heterocycles. The summed E-state index contributed by atoms with van der Waals surface area (Å²) in [5, 5.41) is 0. The van der Waals surface area contributed by atoms with E-state index in [0.717, 1.165) is 23.5 Å². The van der Waals surface area contributed by atoms with Gasteiger partial charge in [-0.25, -0.2) is 19.9 Å². The number of nitrogens with zero attached hydrogens (tertiary/aromatic N) is 5. The number of hydrogen-bond donors (Lipinski definition) is 0. The highest BCUT2D eigenvalue weighted by Gasteiger charge is 2.33. The molecule has 122 valence electrons. The third-order valence-corrected chi connectivity index (χ3v) is 3.46. The fourth-order valence-corrected chi connectivity index (χ4v) is 2.41. The topological polar surface area (TPSA) is 64.0 Å². The van der Waals surface area contributed by atoms with Crippen LogP contribution in [0.25, 0.3) is 0 Å². The molecular formula is C14H14F3N5O. The summed E-state index contributed by atoms with van der Waals surface area (Å²) < 4.78 is 43.8. The van der Waals surface area contributed by atoms with E-state index in [4.69, 9.17) is 4.74 Å². The first-order valence-electron chi connectivity index (χ1n) is 7.09. The van der Waals surface area contributed by atoms with E-state index in [1.807, 2.05) is 6.92 Å². The molecule has 2 aromatic rings. The molecule has 6 nitrogen and oxygen atoms in total. The first-order chi connectivity index (χ1) is 11.0. The van der Waals surface area contributed by atoms with Gasteiger partial charge in [-0.3, -0.25) is 0 Å². The molecule has 0 aromatic carbocycles. The highest BCUT2D eigenvalue weighted by Crippen LogP contribution is 2.30. The van der Waals surface area contributed by atoms with E-state index in [9.17, 15) is 13.2 Å². The summed E-state index contributed by atoms with van der Waals surface area (Å²) in [6.07, 6.45) is -1.38. The summed E-state index contributed by atoms with van der Waals surface area (Å²) in [4.78, 5) is 17.5. The lowest BCUT2D eigenvalue weighted by Gasteiger charge is -2.29. The number of rotatable bonds is 3. The van der Waals surface area contributed by atoms with Crippen LogP contribution in [0.15, 0.2) is 18.6 Å². The molecule has 0 radical (unpaired) electrons. The van der Waals surface area contributed by atoms with Crippen LogP contribution in [0.1, 0.15) is 23.9 Å². The van der Waals surface area contributed by atoms with E-state index >= 15 is 0 Å². The Morgan fingerprint density at radius 1 is 1.26 bits per heavy atom. The van der Waals surface area contributed by atoms with Gasteiger partial charge in [0.15, 0.2) is 0 Å². The monoisotopic (exact) mass is 325 g/mol. The summed E-state index contributed by atoms with van der Waals surface area (Å²) in [6.45, 7) is 3.08. The molecule has 0 aliphatic carbocycles. The molecule has 0 amide bonds. The molecule has 0 saturated carbocycles. The summed E-state index contributed by atoms with van der Waals surface area (Å²) >= 11 is 0. The average Bonchev–Trinajstić information content (AvgIpc) is 2.54. The van der Waals surface area contributed by atoms with Crippen LogP contribution in [0.3, 0.4) is 0 Å². The molecule has 1 aliphatic rings. The van der Waals surface area contributed by atoms with Crippen molar-refractivity contribution in [2.45, 2.75) is 26.1 Å². The number of anilines is 1. The zero-order chi connectivity index (χ0) is 16.4. The van der Waals surface area contributed by atoms with E-state index in [2.05, 4.69) is 19.9 Å². The largest absolute Gasteiger partial charge is 0.478 e. The Balaban J connectivity index is 1.90. The number of alkyl halides is 3. The van der Waals surface area contributed by atoms with Crippen LogP contribution < -0.4 is 9.64 Å². The second kappa shape index (κ2) is 5.98. The van der Waals surface area contributed by atoms with E-state index < -0.39 is 11.9 Å². The zero-order valence-corrected chi connectivity index (χ0v) is 12.3. The normalized spacial score (nSPS) is 14.5. The van der Waals surface area contributed by atoms with Crippen LogP contribution >= 0.6 is 0 Å². The van der Waals surface area contributed by atoms with E-state index in [-0.39, 0.29) is 5.95 Å². The first kappa shape index (κ1) is 15.4. The van der Waals surface area contributed by atoms with Crippen LogP contribution in [0.5, 0.6) is 5.88 Å². The maximum atomic E-state index is 12.8. The molecule has 0 bridgehead atoms. The van der Waals surface area contributed by atoms with Crippen LogP contribution in [0.2, 0.25) is 0 Å². The van der Waals surface area contributed by atoms with Crippen molar-refractivity contribution >= 4 is 5.95 Å². The second-order valence-corrected chi connectivity index (χ2v) is 4.95. The fourth-order valence-electron chi connectivity index (χ4n) is 2.41. The third-order valence-electron chi connectivity index (χ3n) is 3.46. The molecule has 0 unspecified atom stereocenters. The summed E-state index contributed by atoms with van der Waals surface area (Å²) in [6, 6.07) is 0.857. The van der Waals surface area contributed by atoms with Crippen molar-refractivity contribution in [1.82, 2.24) is 19.9 Å². The SMILES string of the molecule is CCOc1ncnc2c1CN(c1nccc(C(F)(F)F)n1)CC2. The predicted molar refractivity (Wildman–Crippen MR) is 75.0 cm³/mol. The molecular weight excluding hydrogens is 311 g/mol. The number of hydrogen-bond acceptors (Lipinski definition) is 6. The Morgan fingerprint density at radius 3 is 2.83 bits per heavy atom. The molecule has 0 spiro atoms. The molecule has 0 N–H and O–H groups in total. The molecule has 0 saturated heterocycles. The van der Waals surface area contributed by atoms with Crippen LogP contribution in [-0.2, 0) is 19.1 Å². The van der Waals surface area contributed by atoms with Gasteiger partial charge in [0.25, 0.3) is 0 Å². The van der Waals surface area contributed by atoms with Crippen LogP contribution in [0, 0.1) is 0 Å². The van der Waals surface area contributed by atoms with Gasteiger partial charge in [-0.15, -0.1) is 0 Å². The minimum absolute atomic E-state index is 0.0387. The van der Waals surface area contributed by atoms with Gasteiger partial charge < -0.3 is 9.64 Å². The van der Waals surface area contributed by atoms with E-state index in [1.165, 1.54) is 6.33 Å². The van der Waals surface area contributed by atoms with E-state index in [0.29, 0.717) is 32.0 Å². The Hall–Kier alpha value is -2.45. The van der Waals surface area contributed by atoms with Gasteiger partial charge in [-0.1, -0.05) is 0 Å². The van der Waals surface area contributed by atoms with Crippen LogP contribution in [0.4, 0.5) is 19.1 Å². The molecule has 0 fully saturated rings. The Kier molecular flexibility index (Phi) is 4.01. The van der Waals surface area contributed by atoms with Crippen molar-refractivity contribution in [2.24, 2.45) is 0 Å². The lowest BCUT2D eigenvalue weighted by atomic mass is 10.1. The van der Waals surface area contributed by atoms with Crippen molar-refractivity contribution in [3.8, 4) is 5.88 Å². The van der Waals surface area contributed by atoms with Crippen LogP contribution in [-0.4, -0.2) is 33.1 Å². The van der Waals surface area contributed by atoms with Crippen molar-refractivity contribution in [1.29, 1.82) is 0 Å². The van der Waals surface area contributed by atoms with Gasteiger partial charge >= 0.3 is 6.18 Å². The zero-order valence-electron chi connectivity index (χ0n) is 12.3. The maximum Gasteiger partial charge on any atom is 0.433 e. The number of aromatic nitrogens is 4. The average molecular weight is 325 g/mol. The standard InChI is InChI=1S/C14H14F3N5O/c1-2-23-12-9-7-22(6-4-10(9)19-8-20-12)13-18-5-3-11(21-13)14(15,16)17/h3,5,8H,2,4,6-7H2,1H3. The first-order valence-corrected chi connectivity index (χ1v) is 7.09. The third kappa shape index (κ3) is 3.17. The van der Waals surface area contributed by atoms with Crippen molar-refractivity contribution in [3.05, 3.63) is 35.5 Å². The lowest BCUT2D eigenvalue weighted by Crippen LogP contribution is -2.33. The van der Waals surface area contributed by atoms with Crippen molar-refractivity contribution in [3.63, 3.8) is 0 Å². The molecule has 3 rings (SSSR count). The predicted octanol–water partition coefficient (Wildman–Crippen LogP) is 2.25. The van der Waals surface area contributed by atoms with Gasteiger partial charge in [0.2, 0.25) is 11.8 Å². The maximum absolute atomic E-state index is 12.8. The number of ether oxygens (including phenoxy) is 1. The molecule has 0 atom stereocenters. The highest BCUT2D eigenvalue weighted by molar-refractivity contribution is 5.41. The summed E-state index contributed by atoms with van der Waals surface area (Å²) in [5.41, 5.74) is 0.649. The fraction of sp³-hybridized carbons (Fsp3) is 0.429. The Morgan fingerprint density at radius 2 is 2.09 bits per heavy atom. The van der Waals surface area contributed by atoms with Gasteiger partial charge in [0, 0.05) is 19.2 Å². The lowest BCUT2D eigenvalue weighted by molar-refractivity contribution is -0.141. The minimum atomic E-state index is -4.50. The number of fused-ring (bicyclic) bond motifs is 1. The van der Waals surface area contributed by atoms with Gasteiger partial charge in [-0.2, -0.15) is 13.2 Å². The Bertz CT molecular complexity index is 707. The second-order valence-electron chi connectivity index (χ2n) is 4.95.